The van der Waals surface area contributed by atoms with Crippen LogP contribution in [0.3, 0.4) is 0 Å². The molecular formula is C13H20FN3O. The molecule has 100 valence electrons. The number of benzene rings is 1. The molecule has 0 heterocycles. The Hall–Kier alpha value is -1.62. The van der Waals surface area contributed by atoms with Crippen molar-refractivity contribution < 1.29 is 9.18 Å². The Morgan fingerprint density at radius 1 is 1.44 bits per heavy atom. The van der Waals surface area contributed by atoms with Gasteiger partial charge in [-0.3, -0.25) is 4.79 Å². The van der Waals surface area contributed by atoms with E-state index in [0.29, 0.717) is 17.8 Å². The molecule has 0 spiro atoms. The fourth-order valence-corrected chi connectivity index (χ4v) is 1.66. The quantitative estimate of drug-likeness (QED) is 0.616. The first-order valence-corrected chi connectivity index (χ1v) is 5.90. The van der Waals surface area contributed by atoms with E-state index in [0.717, 1.165) is 13.0 Å². The number of anilines is 1. The topological polar surface area (TPSA) is 58.4 Å². The summed E-state index contributed by atoms with van der Waals surface area (Å²) in [5.74, 6) is -0.920. The predicted octanol–water partition coefficient (Wildman–Crippen LogP) is 1.40. The number of nitrogens with one attached hydrogen (secondary N) is 1. The summed E-state index contributed by atoms with van der Waals surface area (Å²) in [6.45, 7) is 2.98. The molecule has 0 aliphatic rings. The summed E-state index contributed by atoms with van der Waals surface area (Å²) in [7, 11) is 3.92. The molecule has 0 radical (unpaired) electrons. The summed E-state index contributed by atoms with van der Waals surface area (Å²) >= 11 is 0. The molecule has 4 nitrogen and oxygen atoms in total. The number of nitrogens with zero attached hydrogens (tertiary/aromatic N) is 1. The predicted molar refractivity (Wildman–Crippen MR) is 71.1 cm³/mol. The third-order valence-corrected chi connectivity index (χ3v) is 2.59. The first kappa shape index (κ1) is 14.4. The van der Waals surface area contributed by atoms with Crippen LogP contribution in [-0.2, 0) is 0 Å². The molecule has 0 fully saturated rings. The molecular weight excluding hydrogens is 233 g/mol. The monoisotopic (exact) mass is 253 g/mol. The maximum atomic E-state index is 13.7. The summed E-state index contributed by atoms with van der Waals surface area (Å²) in [6, 6.07) is 2.88. The van der Waals surface area contributed by atoms with Gasteiger partial charge in [-0.25, -0.2) is 4.39 Å². The molecule has 0 saturated carbocycles. The van der Waals surface area contributed by atoms with E-state index in [-0.39, 0.29) is 5.56 Å². The zero-order valence-electron chi connectivity index (χ0n) is 11.1. The van der Waals surface area contributed by atoms with Gasteiger partial charge in [0.25, 0.3) is 5.91 Å². The van der Waals surface area contributed by atoms with E-state index in [9.17, 15) is 9.18 Å². The van der Waals surface area contributed by atoms with Crippen LogP contribution in [0.25, 0.3) is 0 Å². The summed E-state index contributed by atoms with van der Waals surface area (Å²) in [4.78, 5) is 13.8. The smallest absolute Gasteiger partial charge is 0.254 e. The van der Waals surface area contributed by atoms with Crippen molar-refractivity contribution in [3.63, 3.8) is 0 Å². The molecule has 0 aromatic heterocycles. The van der Waals surface area contributed by atoms with Gasteiger partial charge in [-0.1, -0.05) is 0 Å². The number of hydrogen-bond donors (Lipinski definition) is 2. The molecule has 0 aliphatic heterocycles. The van der Waals surface area contributed by atoms with Crippen molar-refractivity contribution in [2.24, 2.45) is 0 Å². The Morgan fingerprint density at radius 3 is 2.72 bits per heavy atom. The van der Waals surface area contributed by atoms with Crippen LogP contribution in [-0.4, -0.2) is 38.0 Å². The fraction of sp³-hybridized carbons (Fsp3) is 0.462. The number of aryl methyl sites for hydroxylation is 1. The highest BCUT2D eigenvalue weighted by Crippen LogP contribution is 2.16. The van der Waals surface area contributed by atoms with E-state index in [1.165, 1.54) is 12.1 Å². The first-order valence-electron chi connectivity index (χ1n) is 5.90. The van der Waals surface area contributed by atoms with Crippen molar-refractivity contribution in [3.05, 3.63) is 29.1 Å². The second-order valence-electron chi connectivity index (χ2n) is 4.61. The average Bonchev–Trinajstić information content (AvgIpc) is 2.28. The highest BCUT2D eigenvalue weighted by atomic mass is 19.1. The van der Waals surface area contributed by atoms with Crippen LogP contribution in [0, 0.1) is 12.7 Å². The molecule has 1 rings (SSSR count). The zero-order valence-corrected chi connectivity index (χ0v) is 11.1. The average molecular weight is 253 g/mol. The van der Waals surface area contributed by atoms with E-state index in [1.807, 2.05) is 19.0 Å². The van der Waals surface area contributed by atoms with Crippen molar-refractivity contribution in [2.75, 3.05) is 32.9 Å². The first-order chi connectivity index (χ1) is 8.41. The maximum Gasteiger partial charge on any atom is 0.254 e. The van der Waals surface area contributed by atoms with Crippen molar-refractivity contribution in [1.29, 1.82) is 0 Å². The SMILES string of the molecule is Cc1cc(N)cc(C(=O)NCCCN(C)C)c1F. The second-order valence-corrected chi connectivity index (χ2v) is 4.61. The second kappa shape index (κ2) is 6.35. The third kappa shape index (κ3) is 4.00. The highest BCUT2D eigenvalue weighted by molar-refractivity contribution is 5.95. The minimum Gasteiger partial charge on any atom is -0.399 e. The Balaban J connectivity index is 2.62. The van der Waals surface area contributed by atoms with Gasteiger partial charge in [0.15, 0.2) is 0 Å². The standard InChI is InChI=1S/C13H20FN3O/c1-9-7-10(15)8-11(12(9)14)13(18)16-5-4-6-17(2)3/h7-8H,4-6,15H2,1-3H3,(H,16,18). The molecule has 0 bridgehead atoms. The van der Waals surface area contributed by atoms with Gasteiger partial charge in [0.2, 0.25) is 0 Å². The van der Waals surface area contributed by atoms with E-state index in [2.05, 4.69) is 5.32 Å². The van der Waals surface area contributed by atoms with Crippen LogP contribution in [0.4, 0.5) is 10.1 Å². The fourth-order valence-electron chi connectivity index (χ4n) is 1.66. The largest absolute Gasteiger partial charge is 0.399 e. The Kier molecular flexibility index (Phi) is 5.09. The van der Waals surface area contributed by atoms with E-state index in [1.54, 1.807) is 6.92 Å². The minimum atomic E-state index is -0.505. The molecule has 1 amide bonds. The normalized spacial score (nSPS) is 10.7. The number of rotatable bonds is 5. The lowest BCUT2D eigenvalue weighted by Gasteiger charge is -2.11. The minimum absolute atomic E-state index is 0.0114. The number of nitrogen functional groups attached to an aromatic ring is 1. The van der Waals surface area contributed by atoms with E-state index >= 15 is 0 Å². The van der Waals surface area contributed by atoms with Crippen LogP contribution in [0.5, 0.6) is 0 Å². The maximum absolute atomic E-state index is 13.7. The Labute approximate surface area is 107 Å². The lowest BCUT2D eigenvalue weighted by atomic mass is 10.1. The van der Waals surface area contributed by atoms with Crippen molar-refractivity contribution in [3.8, 4) is 0 Å². The molecule has 1 aromatic rings. The number of nitrogens with two attached hydrogens (primary N) is 1. The number of hydrogen-bond acceptors (Lipinski definition) is 3. The number of amides is 1. The molecule has 0 unspecified atom stereocenters. The highest BCUT2D eigenvalue weighted by Gasteiger charge is 2.14. The van der Waals surface area contributed by atoms with Gasteiger partial charge in [0, 0.05) is 12.2 Å². The van der Waals surface area contributed by atoms with Gasteiger partial charge in [-0.2, -0.15) is 0 Å². The van der Waals surface area contributed by atoms with Crippen molar-refractivity contribution in [2.45, 2.75) is 13.3 Å². The van der Waals surface area contributed by atoms with Gasteiger partial charge >= 0.3 is 0 Å². The molecule has 18 heavy (non-hydrogen) atoms. The van der Waals surface area contributed by atoms with Crippen LogP contribution in [0.15, 0.2) is 12.1 Å². The molecule has 0 aliphatic carbocycles. The van der Waals surface area contributed by atoms with Crippen molar-refractivity contribution in [1.82, 2.24) is 10.2 Å². The van der Waals surface area contributed by atoms with Crippen molar-refractivity contribution >= 4 is 11.6 Å². The number of halogens is 1. The van der Waals surface area contributed by atoms with Gasteiger partial charge in [-0.15, -0.1) is 0 Å². The molecule has 0 saturated heterocycles. The summed E-state index contributed by atoms with van der Waals surface area (Å²) < 4.78 is 13.7. The lowest BCUT2D eigenvalue weighted by molar-refractivity contribution is 0.0948. The van der Waals surface area contributed by atoms with Crippen LogP contribution < -0.4 is 11.1 Å². The summed E-state index contributed by atoms with van der Waals surface area (Å²) in [5.41, 5.74) is 6.40. The third-order valence-electron chi connectivity index (χ3n) is 2.59. The molecule has 5 heteroatoms. The lowest BCUT2D eigenvalue weighted by Crippen LogP contribution is -2.28. The van der Waals surface area contributed by atoms with Gasteiger partial charge in [0.1, 0.15) is 5.82 Å². The number of carbonyl (C=O) groups excluding carboxylic acids is 1. The van der Waals surface area contributed by atoms with E-state index in [4.69, 9.17) is 5.73 Å². The molecule has 1 aromatic carbocycles. The van der Waals surface area contributed by atoms with Gasteiger partial charge < -0.3 is 16.0 Å². The Morgan fingerprint density at radius 2 is 2.11 bits per heavy atom. The zero-order chi connectivity index (χ0) is 13.7. The van der Waals surface area contributed by atoms with Crippen LogP contribution >= 0.6 is 0 Å². The Bertz CT molecular complexity index is 432. The van der Waals surface area contributed by atoms with Crippen LogP contribution in [0.1, 0.15) is 22.3 Å². The number of carbonyl (C=O) groups is 1. The van der Waals surface area contributed by atoms with E-state index < -0.39 is 11.7 Å². The van der Waals surface area contributed by atoms with Gasteiger partial charge in [-0.05, 0) is 51.7 Å². The van der Waals surface area contributed by atoms with Crippen LogP contribution in [0.2, 0.25) is 0 Å². The summed E-state index contributed by atoms with van der Waals surface area (Å²) in [6.07, 6.45) is 0.821. The molecule has 3 N–H and O–H groups in total. The van der Waals surface area contributed by atoms with Gasteiger partial charge in [0.05, 0.1) is 5.56 Å². The summed E-state index contributed by atoms with van der Waals surface area (Å²) in [5, 5.41) is 2.69. The molecule has 0 atom stereocenters.